The highest BCUT2D eigenvalue weighted by Crippen LogP contribution is 2.38. The van der Waals surface area contributed by atoms with Crippen LogP contribution in [0.1, 0.15) is 38.4 Å². The Hall–Kier alpha value is -4.37. The van der Waals surface area contributed by atoms with Crippen LogP contribution < -0.4 is 15.5 Å². The first-order chi connectivity index (χ1) is 19.9. The first kappa shape index (κ1) is 30.6. The van der Waals surface area contributed by atoms with Gasteiger partial charge in [-0.3, -0.25) is 4.90 Å². The van der Waals surface area contributed by atoms with Gasteiger partial charge in [0.1, 0.15) is 6.07 Å². The number of hydrogen-bond acceptors (Lipinski definition) is 11. The van der Waals surface area contributed by atoms with Gasteiger partial charge in [0.25, 0.3) is 0 Å². The van der Waals surface area contributed by atoms with E-state index in [1.165, 1.54) is 15.6 Å². The Labute approximate surface area is 248 Å². The number of imidazole rings is 1. The number of fused-ring (bicyclic) bond motifs is 1. The molecule has 0 radical (unpaired) electrons. The predicted molar refractivity (Wildman–Crippen MR) is 158 cm³/mol. The van der Waals surface area contributed by atoms with Crippen molar-refractivity contribution in [1.82, 2.24) is 29.4 Å². The molecule has 1 aliphatic heterocycles. The van der Waals surface area contributed by atoms with E-state index >= 15 is 0 Å². The molecule has 0 spiro atoms. The first-order valence-electron chi connectivity index (χ1n) is 13.4. The van der Waals surface area contributed by atoms with Crippen molar-refractivity contribution < 1.29 is 15.0 Å². The van der Waals surface area contributed by atoms with Crippen LogP contribution in [0, 0.1) is 22.7 Å². The number of carboxylic acid groups (broad SMARTS) is 1. The zero-order chi connectivity index (χ0) is 30.8. The number of aliphatic hydroxyl groups is 1. The van der Waals surface area contributed by atoms with Crippen molar-refractivity contribution in [2.45, 2.75) is 44.9 Å². The summed E-state index contributed by atoms with van der Waals surface area (Å²) in [4.78, 5) is 25.9. The third-order valence-electron chi connectivity index (χ3n) is 7.14. The number of amides is 1. The molecule has 0 aliphatic carbocycles. The van der Waals surface area contributed by atoms with Gasteiger partial charge in [-0.1, -0.05) is 11.6 Å². The summed E-state index contributed by atoms with van der Waals surface area (Å²) in [5.74, 6) is 0.562. The number of carbonyl (C=O) groups is 1. The molecule has 1 aromatic carbocycles. The van der Waals surface area contributed by atoms with Crippen LogP contribution in [0.25, 0.3) is 5.65 Å². The average Bonchev–Trinajstić information content (AvgIpc) is 3.36. The minimum atomic E-state index is -1.03. The standard InChI is InChI=1S/C27H34ClN11O3/c1-6-31-23-24-32-13-17(12-30)39(24)35-25(34-23)33-18-9-16(11-29)10-20(22(18)28)38-8-7-19(37(5)26(40)41)21(14-38)36(4)15-27(2,3)42/h9-10,13,19,21,42H,6-8,14-15H2,1-5H3,(H,40,41)(H2,31,33,34,35)/t19-,21+/m1/s1. The number of nitrogens with one attached hydrogen (secondary N) is 2. The van der Waals surface area contributed by atoms with Gasteiger partial charge in [0.05, 0.1) is 45.9 Å². The molecule has 15 heteroatoms. The minimum absolute atomic E-state index is 0.139. The number of nitrogens with zero attached hydrogens (tertiary/aromatic N) is 9. The van der Waals surface area contributed by atoms with Gasteiger partial charge in [0.15, 0.2) is 17.2 Å². The van der Waals surface area contributed by atoms with Gasteiger partial charge in [0, 0.05) is 39.3 Å². The van der Waals surface area contributed by atoms with Crippen LogP contribution in [-0.4, -0.2) is 104 Å². The van der Waals surface area contributed by atoms with E-state index in [4.69, 9.17) is 11.6 Å². The topological polar surface area (TPSA) is 182 Å². The summed E-state index contributed by atoms with van der Waals surface area (Å²) >= 11 is 6.95. The number of rotatable bonds is 9. The number of anilines is 4. The molecular formula is C27H34ClN11O3. The van der Waals surface area contributed by atoms with E-state index in [2.05, 4.69) is 37.8 Å². The van der Waals surface area contributed by atoms with Crippen molar-refractivity contribution in [3.05, 3.63) is 34.6 Å². The molecule has 0 unspecified atom stereocenters. The Morgan fingerprint density at radius 2 is 2.00 bits per heavy atom. The highest BCUT2D eigenvalue weighted by Gasteiger charge is 2.38. The molecule has 1 saturated heterocycles. The van der Waals surface area contributed by atoms with E-state index in [0.717, 1.165) is 0 Å². The summed E-state index contributed by atoms with van der Waals surface area (Å²) in [5.41, 5.74) is 0.944. The van der Waals surface area contributed by atoms with Crippen LogP contribution in [-0.2, 0) is 0 Å². The number of piperidine rings is 1. The maximum absolute atomic E-state index is 11.9. The van der Waals surface area contributed by atoms with E-state index in [-0.39, 0.29) is 23.7 Å². The minimum Gasteiger partial charge on any atom is -0.465 e. The van der Waals surface area contributed by atoms with Crippen LogP contribution in [0.4, 0.5) is 27.9 Å². The van der Waals surface area contributed by atoms with Crippen molar-refractivity contribution in [2.75, 3.05) is 55.8 Å². The van der Waals surface area contributed by atoms with Gasteiger partial charge in [-0.15, -0.1) is 5.10 Å². The molecular weight excluding hydrogens is 562 g/mol. The molecule has 4 rings (SSSR count). The Morgan fingerprint density at radius 1 is 1.26 bits per heavy atom. The van der Waals surface area contributed by atoms with Crippen molar-refractivity contribution in [2.24, 2.45) is 0 Å². The third-order valence-corrected chi connectivity index (χ3v) is 7.54. The summed E-state index contributed by atoms with van der Waals surface area (Å²) in [5, 5.41) is 50.5. The number of nitriles is 2. The molecule has 1 amide bonds. The second kappa shape index (κ2) is 12.2. The fraction of sp³-hybridized carbons (Fsp3) is 0.481. The van der Waals surface area contributed by atoms with Gasteiger partial charge in [-0.05, 0) is 46.4 Å². The fourth-order valence-corrected chi connectivity index (χ4v) is 5.58. The summed E-state index contributed by atoms with van der Waals surface area (Å²) in [6.07, 6.45) is 0.882. The average molecular weight is 596 g/mol. The summed E-state index contributed by atoms with van der Waals surface area (Å²) in [6.45, 7) is 7.08. The lowest BCUT2D eigenvalue weighted by molar-refractivity contribution is 0.0117. The van der Waals surface area contributed by atoms with Crippen LogP contribution in [0.3, 0.4) is 0 Å². The molecule has 0 bridgehead atoms. The van der Waals surface area contributed by atoms with Crippen LogP contribution in [0.5, 0.6) is 0 Å². The quantitative estimate of drug-likeness (QED) is 0.284. The Morgan fingerprint density at radius 3 is 2.62 bits per heavy atom. The van der Waals surface area contributed by atoms with Gasteiger partial charge < -0.3 is 30.6 Å². The molecule has 1 fully saturated rings. The summed E-state index contributed by atoms with van der Waals surface area (Å²) < 4.78 is 1.38. The molecule has 14 nitrogen and oxygen atoms in total. The fourth-order valence-electron chi connectivity index (χ4n) is 5.30. The molecule has 3 heterocycles. The van der Waals surface area contributed by atoms with Crippen LogP contribution in [0.2, 0.25) is 5.02 Å². The SMILES string of the molecule is CCNc1nc(Nc2cc(C#N)cc(N3CC[C@@H](N(C)C(=O)O)[C@@H](N(C)CC(C)(C)O)C3)c2Cl)nn2c(C#N)cnc12. The summed E-state index contributed by atoms with van der Waals surface area (Å²) in [6, 6.07) is 6.92. The lowest BCUT2D eigenvalue weighted by Gasteiger charge is -2.47. The van der Waals surface area contributed by atoms with Gasteiger partial charge in [-0.2, -0.15) is 20.0 Å². The van der Waals surface area contributed by atoms with Gasteiger partial charge in [-0.25, -0.2) is 9.78 Å². The van der Waals surface area contributed by atoms with Crippen LogP contribution in [0.15, 0.2) is 18.3 Å². The second-order valence-corrected chi connectivity index (χ2v) is 11.3. The number of hydrogen-bond donors (Lipinski definition) is 4. The van der Waals surface area contributed by atoms with Crippen molar-refractivity contribution >= 4 is 46.5 Å². The first-order valence-corrected chi connectivity index (χ1v) is 13.8. The molecule has 3 aromatic rings. The lowest BCUT2D eigenvalue weighted by Crippen LogP contribution is -2.61. The largest absolute Gasteiger partial charge is 0.465 e. The maximum atomic E-state index is 11.9. The maximum Gasteiger partial charge on any atom is 0.407 e. The van der Waals surface area contributed by atoms with E-state index in [1.807, 2.05) is 23.8 Å². The normalized spacial score (nSPS) is 17.1. The lowest BCUT2D eigenvalue weighted by atomic mass is 9.94. The summed E-state index contributed by atoms with van der Waals surface area (Å²) in [7, 11) is 3.41. The van der Waals surface area contributed by atoms with Gasteiger partial charge in [0.2, 0.25) is 5.95 Å². The van der Waals surface area contributed by atoms with E-state index in [0.29, 0.717) is 66.0 Å². The van der Waals surface area contributed by atoms with Crippen molar-refractivity contribution in [3.63, 3.8) is 0 Å². The van der Waals surface area contributed by atoms with Crippen LogP contribution >= 0.6 is 11.6 Å². The second-order valence-electron chi connectivity index (χ2n) is 10.9. The molecule has 42 heavy (non-hydrogen) atoms. The van der Waals surface area contributed by atoms with Gasteiger partial charge >= 0.3 is 6.09 Å². The third kappa shape index (κ3) is 6.41. The van der Waals surface area contributed by atoms with Crippen molar-refractivity contribution in [3.8, 4) is 12.1 Å². The number of likely N-dealkylation sites (N-methyl/N-ethyl adjacent to an activating group) is 2. The van der Waals surface area contributed by atoms with E-state index in [9.17, 15) is 25.5 Å². The molecule has 0 saturated carbocycles. The Kier molecular flexibility index (Phi) is 8.92. The highest BCUT2D eigenvalue weighted by molar-refractivity contribution is 6.36. The number of benzene rings is 1. The molecule has 222 valence electrons. The molecule has 1 aliphatic rings. The van der Waals surface area contributed by atoms with E-state index < -0.39 is 11.7 Å². The molecule has 2 atom stereocenters. The van der Waals surface area contributed by atoms with E-state index in [1.54, 1.807) is 33.0 Å². The Balaban J connectivity index is 1.72. The Bertz CT molecular complexity index is 1560. The van der Waals surface area contributed by atoms with Crippen molar-refractivity contribution in [1.29, 1.82) is 10.5 Å². The number of halogens is 1. The smallest absolute Gasteiger partial charge is 0.407 e. The number of aromatic nitrogens is 4. The zero-order valence-corrected chi connectivity index (χ0v) is 24.9. The zero-order valence-electron chi connectivity index (χ0n) is 24.1. The molecule has 2 aromatic heterocycles. The monoisotopic (exact) mass is 595 g/mol. The highest BCUT2D eigenvalue weighted by atomic mass is 35.5. The molecule has 4 N–H and O–H groups in total. The predicted octanol–water partition coefficient (Wildman–Crippen LogP) is 2.96.